The molecule has 0 bridgehead atoms. The van der Waals surface area contributed by atoms with E-state index in [1.807, 2.05) is 6.92 Å². The fraction of sp³-hybridized carbons (Fsp3) is 0.571. The molecule has 0 atom stereocenters. The van der Waals surface area contributed by atoms with E-state index in [0.29, 0.717) is 29.3 Å². The standard InChI is InChI=1S/C7H11Cl2NO/c1-2-6(9)5(3-4-8)7(10)11/h2-4H2,1H3,(H2,10,11)/b6-5-. The maximum atomic E-state index is 10.7. The first-order chi connectivity index (χ1) is 5.13. The van der Waals surface area contributed by atoms with Crippen LogP contribution in [0.3, 0.4) is 0 Å². The SMILES string of the molecule is CC/C(Cl)=C(\CCCl)C(N)=O. The lowest BCUT2D eigenvalue weighted by Gasteiger charge is -2.02. The van der Waals surface area contributed by atoms with Crippen LogP contribution >= 0.6 is 23.2 Å². The van der Waals surface area contributed by atoms with Gasteiger partial charge in [-0.1, -0.05) is 18.5 Å². The highest BCUT2D eigenvalue weighted by Gasteiger charge is 2.08. The molecule has 4 heteroatoms. The summed E-state index contributed by atoms with van der Waals surface area (Å²) in [6.45, 7) is 1.86. The topological polar surface area (TPSA) is 43.1 Å². The second-order valence-corrected chi connectivity index (χ2v) is 2.87. The minimum atomic E-state index is -0.475. The molecule has 0 radical (unpaired) electrons. The van der Waals surface area contributed by atoms with Gasteiger partial charge in [0.1, 0.15) is 0 Å². The summed E-state index contributed by atoms with van der Waals surface area (Å²) in [4.78, 5) is 10.7. The van der Waals surface area contributed by atoms with Crippen LogP contribution in [0.2, 0.25) is 0 Å². The maximum Gasteiger partial charge on any atom is 0.245 e. The number of amides is 1. The molecule has 2 N–H and O–H groups in total. The van der Waals surface area contributed by atoms with Crippen LogP contribution in [0, 0.1) is 0 Å². The van der Waals surface area contributed by atoms with Crippen molar-refractivity contribution in [2.75, 3.05) is 5.88 Å². The first kappa shape index (κ1) is 10.8. The van der Waals surface area contributed by atoms with Gasteiger partial charge in [0.2, 0.25) is 5.91 Å². The number of rotatable bonds is 4. The summed E-state index contributed by atoms with van der Waals surface area (Å²) in [5, 5.41) is 0.512. The van der Waals surface area contributed by atoms with E-state index < -0.39 is 5.91 Å². The van der Waals surface area contributed by atoms with E-state index in [-0.39, 0.29) is 0 Å². The molecular formula is C7H11Cl2NO. The molecule has 0 aromatic heterocycles. The molecule has 0 rings (SSSR count). The molecule has 0 aliphatic heterocycles. The fourth-order valence-electron chi connectivity index (χ4n) is 0.700. The number of carbonyl (C=O) groups is 1. The number of hydrogen-bond acceptors (Lipinski definition) is 1. The van der Waals surface area contributed by atoms with E-state index >= 15 is 0 Å². The molecule has 1 amide bonds. The molecule has 0 spiro atoms. The van der Waals surface area contributed by atoms with Gasteiger partial charge < -0.3 is 5.73 Å². The molecule has 11 heavy (non-hydrogen) atoms. The largest absolute Gasteiger partial charge is 0.366 e. The van der Waals surface area contributed by atoms with Crippen molar-refractivity contribution >= 4 is 29.1 Å². The van der Waals surface area contributed by atoms with Gasteiger partial charge >= 0.3 is 0 Å². The van der Waals surface area contributed by atoms with Crippen molar-refractivity contribution in [3.63, 3.8) is 0 Å². The van der Waals surface area contributed by atoms with Gasteiger partial charge in [0, 0.05) is 16.5 Å². The monoisotopic (exact) mass is 195 g/mol. The van der Waals surface area contributed by atoms with Gasteiger partial charge in [-0.25, -0.2) is 0 Å². The van der Waals surface area contributed by atoms with Crippen LogP contribution in [-0.2, 0) is 4.79 Å². The number of carbonyl (C=O) groups excluding carboxylic acids is 1. The fourth-order valence-corrected chi connectivity index (χ4v) is 1.08. The average Bonchev–Trinajstić information content (AvgIpc) is 1.98. The minimum Gasteiger partial charge on any atom is -0.366 e. The van der Waals surface area contributed by atoms with Gasteiger partial charge in [-0.05, 0) is 12.8 Å². The molecule has 0 unspecified atom stereocenters. The number of hydrogen-bond donors (Lipinski definition) is 1. The van der Waals surface area contributed by atoms with Crippen molar-refractivity contribution in [3.05, 3.63) is 10.6 Å². The average molecular weight is 196 g/mol. The van der Waals surface area contributed by atoms with Crippen molar-refractivity contribution in [3.8, 4) is 0 Å². The van der Waals surface area contributed by atoms with E-state index in [4.69, 9.17) is 28.9 Å². The summed E-state index contributed by atoms with van der Waals surface area (Å²) in [6, 6.07) is 0. The van der Waals surface area contributed by atoms with Gasteiger partial charge in [0.05, 0.1) is 0 Å². The Bertz CT molecular complexity index is 177. The third kappa shape index (κ3) is 3.63. The molecule has 0 heterocycles. The molecule has 0 aliphatic rings. The summed E-state index contributed by atoms with van der Waals surface area (Å²) in [6.07, 6.45) is 1.07. The lowest BCUT2D eigenvalue weighted by molar-refractivity contribution is -0.114. The minimum absolute atomic E-state index is 0.370. The molecule has 0 fully saturated rings. The quantitative estimate of drug-likeness (QED) is 0.542. The Hall–Kier alpha value is -0.210. The molecular weight excluding hydrogens is 185 g/mol. The van der Waals surface area contributed by atoms with E-state index in [1.54, 1.807) is 0 Å². The van der Waals surface area contributed by atoms with Gasteiger partial charge in [0.25, 0.3) is 0 Å². The zero-order chi connectivity index (χ0) is 8.85. The first-order valence-corrected chi connectivity index (χ1v) is 4.28. The molecule has 2 nitrogen and oxygen atoms in total. The zero-order valence-corrected chi connectivity index (χ0v) is 7.87. The third-order valence-electron chi connectivity index (χ3n) is 1.28. The van der Waals surface area contributed by atoms with E-state index in [0.717, 1.165) is 0 Å². The van der Waals surface area contributed by atoms with E-state index in [2.05, 4.69) is 0 Å². The van der Waals surface area contributed by atoms with Crippen LogP contribution < -0.4 is 5.73 Å². The Labute approximate surface area is 76.3 Å². The van der Waals surface area contributed by atoms with Crippen LogP contribution in [0.4, 0.5) is 0 Å². The number of alkyl halides is 1. The van der Waals surface area contributed by atoms with Crippen LogP contribution in [0.25, 0.3) is 0 Å². The predicted molar refractivity (Wildman–Crippen MR) is 47.7 cm³/mol. The van der Waals surface area contributed by atoms with Crippen molar-refractivity contribution in [2.24, 2.45) is 5.73 Å². The Morgan fingerprint density at radius 2 is 2.09 bits per heavy atom. The van der Waals surface area contributed by atoms with E-state index in [9.17, 15) is 4.79 Å². The van der Waals surface area contributed by atoms with Crippen molar-refractivity contribution in [1.29, 1.82) is 0 Å². The normalized spacial score (nSPS) is 12.6. The number of primary amides is 1. The van der Waals surface area contributed by atoms with Crippen molar-refractivity contribution in [2.45, 2.75) is 19.8 Å². The molecule has 0 saturated heterocycles. The predicted octanol–water partition coefficient (Wildman–Crippen LogP) is 2.00. The Kier molecular flexibility index (Phi) is 5.34. The van der Waals surface area contributed by atoms with Crippen molar-refractivity contribution < 1.29 is 4.79 Å². The number of nitrogens with two attached hydrogens (primary N) is 1. The maximum absolute atomic E-state index is 10.7. The molecule has 0 aliphatic carbocycles. The smallest absolute Gasteiger partial charge is 0.245 e. The highest BCUT2D eigenvalue weighted by Crippen LogP contribution is 2.16. The molecule has 0 saturated carbocycles. The Morgan fingerprint density at radius 3 is 2.36 bits per heavy atom. The van der Waals surface area contributed by atoms with Gasteiger partial charge in [-0.15, -0.1) is 11.6 Å². The summed E-state index contributed by atoms with van der Waals surface area (Å²) in [5.41, 5.74) is 5.51. The Morgan fingerprint density at radius 1 is 1.55 bits per heavy atom. The lowest BCUT2D eigenvalue weighted by atomic mass is 10.1. The summed E-state index contributed by atoms with van der Waals surface area (Å²) in [5.74, 6) is -0.105. The highest BCUT2D eigenvalue weighted by atomic mass is 35.5. The lowest BCUT2D eigenvalue weighted by Crippen LogP contribution is -2.15. The van der Waals surface area contributed by atoms with Crippen LogP contribution in [0.5, 0.6) is 0 Å². The molecule has 64 valence electrons. The molecule has 0 aromatic carbocycles. The second-order valence-electron chi connectivity index (χ2n) is 2.04. The van der Waals surface area contributed by atoms with Gasteiger partial charge in [-0.3, -0.25) is 4.79 Å². The summed E-state index contributed by atoms with van der Waals surface area (Å²) < 4.78 is 0. The Balaban J connectivity index is 4.43. The van der Waals surface area contributed by atoms with E-state index in [1.165, 1.54) is 0 Å². The van der Waals surface area contributed by atoms with Crippen LogP contribution in [-0.4, -0.2) is 11.8 Å². The number of halogens is 2. The third-order valence-corrected chi connectivity index (χ3v) is 1.96. The first-order valence-electron chi connectivity index (χ1n) is 3.36. The van der Waals surface area contributed by atoms with Gasteiger partial charge in [-0.2, -0.15) is 0 Å². The van der Waals surface area contributed by atoms with Crippen LogP contribution in [0.1, 0.15) is 19.8 Å². The van der Waals surface area contributed by atoms with Crippen molar-refractivity contribution in [1.82, 2.24) is 0 Å². The highest BCUT2D eigenvalue weighted by molar-refractivity contribution is 6.32. The second kappa shape index (κ2) is 5.44. The zero-order valence-electron chi connectivity index (χ0n) is 6.36. The summed E-state index contributed by atoms with van der Waals surface area (Å²) >= 11 is 11.2. The van der Waals surface area contributed by atoms with Crippen LogP contribution in [0.15, 0.2) is 10.6 Å². The summed E-state index contributed by atoms with van der Waals surface area (Å²) in [7, 11) is 0. The number of allylic oxidation sites excluding steroid dienone is 1. The van der Waals surface area contributed by atoms with Gasteiger partial charge in [0.15, 0.2) is 0 Å². The molecule has 0 aromatic rings.